The van der Waals surface area contributed by atoms with E-state index in [1.807, 2.05) is 0 Å². The highest BCUT2D eigenvalue weighted by Crippen LogP contribution is 2.34. The second kappa shape index (κ2) is 7.87. The molecule has 3 N–H and O–H groups in total. The molecule has 1 aromatic carbocycles. The van der Waals surface area contributed by atoms with Crippen LogP contribution in [0.4, 0.5) is 4.79 Å². The van der Waals surface area contributed by atoms with Crippen molar-refractivity contribution in [3.63, 3.8) is 0 Å². The number of halogens is 1. The van der Waals surface area contributed by atoms with Crippen LogP contribution in [0.3, 0.4) is 0 Å². The summed E-state index contributed by atoms with van der Waals surface area (Å²) >= 11 is 3.26. The van der Waals surface area contributed by atoms with Crippen LogP contribution in [0, 0.1) is 0 Å². The van der Waals surface area contributed by atoms with Gasteiger partial charge in [-0.15, -0.1) is 0 Å². The van der Waals surface area contributed by atoms with E-state index >= 15 is 0 Å². The average Bonchev–Trinajstić information content (AvgIpc) is 2.81. The maximum atomic E-state index is 12.1. The zero-order chi connectivity index (χ0) is 19.4. The number of urea groups is 1. The number of ether oxygens (including phenoxy) is 2. The molecule has 0 unspecified atom stereocenters. The molecule has 1 aliphatic rings. The molecule has 0 saturated carbocycles. The van der Waals surface area contributed by atoms with E-state index < -0.39 is 37.0 Å². The number of hydrogen-bond acceptors (Lipinski definition) is 6. The smallest absolute Gasteiger partial charge is 0.341 e. The minimum atomic E-state index is -1.32. The third-order valence-electron chi connectivity index (χ3n) is 3.19. The van der Waals surface area contributed by atoms with E-state index in [9.17, 15) is 19.2 Å². The van der Waals surface area contributed by atoms with Gasteiger partial charge in [0.05, 0.1) is 7.11 Å². The Morgan fingerprint density at radius 3 is 2.50 bits per heavy atom. The van der Waals surface area contributed by atoms with Crippen molar-refractivity contribution < 1.29 is 38.9 Å². The molecule has 0 spiro atoms. The molecule has 2 rings (SSSR count). The van der Waals surface area contributed by atoms with E-state index in [4.69, 9.17) is 19.7 Å². The molecule has 3 amide bonds. The lowest BCUT2D eigenvalue weighted by atomic mass is 10.1. The second-order valence-corrected chi connectivity index (χ2v) is 5.83. The molecule has 1 heterocycles. The SMILES string of the molecule is COc1cc(/C=C2/NC(=O)N(CC(=O)O)C2=O)c(Br)cc1OCC(=O)O. The van der Waals surface area contributed by atoms with Crippen LogP contribution in [0.1, 0.15) is 5.56 Å². The van der Waals surface area contributed by atoms with Gasteiger partial charge in [-0.1, -0.05) is 15.9 Å². The molecule has 138 valence electrons. The third-order valence-corrected chi connectivity index (χ3v) is 3.88. The molecule has 0 radical (unpaired) electrons. The summed E-state index contributed by atoms with van der Waals surface area (Å²) in [6.45, 7) is -1.32. The Balaban J connectivity index is 2.33. The van der Waals surface area contributed by atoms with Crippen LogP contribution in [0.2, 0.25) is 0 Å². The predicted molar refractivity (Wildman–Crippen MR) is 89.7 cm³/mol. The van der Waals surface area contributed by atoms with Crippen LogP contribution in [0.5, 0.6) is 11.5 Å². The van der Waals surface area contributed by atoms with Crippen LogP contribution in [-0.2, 0) is 14.4 Å². The van der Waals surface area contributed by atoms with Crippen LogP contribution in [-0.4, -0.2) is 59.3 Å². The average molecular weight is 429 g/mol. The summed E-state index contributed by atoms with van der Waals surface area (Å²) in [7, 11) is 1.35. The molecular weight excluding hydrogens is 416 g/mol. The van der Waals surface area contributed by atoms with Crippen molar-refractivity contribution >= 4 is 45.9 Å². The summed E-state index contributed by atoms with van der Waals surface area (Å²) < 4.78 is 10.7. The summed E-state index contributed by atoms with van der Waals surface area (Å²) in [6.07, 6.45) is 1.33. The van der Waals surface area contributed by atoms with Gasteiger partial charge in [0.15, 0.2) is 18.1 Å². The first kappa shape index (κ1) is 19.2. The normalized spacial score (nSPS) is 15.2. The number of methoxy groups -OCH3 is 1. The quantitative estimate of drug-likeness (QED) is 0.429. The minimum Gasteiger partial charge on any atom is -0.493 e. The van der Waals surface area contributed by atoms with E-state index in [0.717, 1.165) is 0 Å². The molecule has 11 heteroatoms. The molecule has 10 nitrogen and oxygen atoms in total. The zero-order valence-corrected chi connectivity index (χ0v) is 14.9. The second-order valence-electron chi connectivity index (χ2n) is 4.98. The van der Waals surface area contributed by atoms with Crippen molar-refractivity contribution in [2.45, 2.75) is 0 Å². The monoisotopic (exact) mass is 428 g/mol. The number of carbonyl (C=O) groups excluding carboxylic acids is 2. The van der Waals surface area contributed by atoms with Gasteiger partial charge in [-0.3, -0.25) is 9.59 Å². The van der Waals surface area contributed by atoms with Crippen molar-refractivity contribution in [1.82, 2.24) is 10.2 Å². The zero-order valence-electron chi connectivity index (χ0n) is 13.3. The largest absolute Gasteiger partial charge is 0.493 e. The number of aliphatic carboxylic acids is 2. The number of carboxylic acids is 2. The summed E-state index contributed by atoms with van der Waals surface area (Å²) in [5.41, 5.74) is 0.309. The number of carboxylic acid groups (broad SMARTS) is 2. The molecule has 1 saturated heterocycles. The summed E-state index contributed by atoms with van der Waals surface area (Å²) in [5.74, 6) is -2.89. The van der Waals surface area contributed by atoms with Crippen molar-refractivity contribution in [2.75, 3.05) is 20.3 Å². The van der Waals surface area contributed by atoms with Crippen molar-refractivity contribution in [3.8, 4) is 11.5 Å². The number of benzene rings is 1. The van der Waals surface area contributed by atoms with Crippen LogP contribution >= 0.6 is 15.9 Å². The Kier molecular flexibility index (Phi) is 5.82. The van der Waals surface area contributed by atoms with Gasteiger partial charge < -0.3 is 25.0 Å². The maximum Gasteiger partial charge on any atom is 0.341 e. The summed E-state index contributed by atoms with van der Waals surface area (Å²) in [6, 6.07) is 2.07. The van der Waals surface area contributed by atoms with Crippen LogP contribution in [0.25, 0.3) is 6.08 Å². The molecule has 0 bridgehead atoms. The van der Waals surface area contributed by atoms with Gasteiger partial charge in [0.25, 0.3) is 5.91 Å². The van der Waals surface area contributed by atoms with E-state index in [-0.39, 0.29) is 17.2 Å². The first-order valence-corrected chi connectivity index (χ1v) is 7.80. The lowest BCUT2D eigenvalue weighted by Crippen LogP contribution is -2.35. The topological polar surface area (TPSA) is 142 Å². The standard InChI is InChI=1S/C15H13BrN2O8/c1-25-10-3-7(8(16)4-11(10)26-6-13(21)22)2-9-14(23)18(5-12(19)20)15(24)17-9/h2-4H,5-6H2,1H3,(H,17,24)(H,19,20)(H,21,22)/b9-2+. The van der Waals surface area contributed by atoms with Crippen molar-refractivity contribution in [3.05, 3.63) is 27.9 Å². The van der Waals surface area contributed by atoms with E-state index in [1.54, 1.807) is 0 Å². The lowest BCUT2D eigenvalue weighted by molar-refractivity contribution is -0.140. The third kappa shape index (κ3) is 4.30. The highest BCUT2D eigenvalue weighted by atomic mass is 79.9. The fourth-order valence-electron chi connectivity index (χ4n) is 2.08. The van der Waals surface area contributed by atoms with Gasteiger partial charge in [0.1, 0.15) is 12.2 Å². The lowest BCUT2D eigenvalue weighted by Gasteiger charge is -2.11. The molecule has 0 aromatic heterocycles. The summed E-state index contributed by atoms with van der Waals surface area (Å²) in [5, 5.41) is 19.7. The number of imide groups is 1. The number of nitrogens with one attached hydrogen (secondary N) is 1. The van der Waals surface area contributed by atoms with Gasteiger partial charge in [0, 0.05) is 4.47 Å². The van der Waals surface area contributed by atoms with Gasteiger partial charge in [-0.05, 0) is 23.8 Å². The number of amides is 3. The fourth-order valence-corrected chi connectivity index (χ4v) is 2.52. The number of hydrogen-bond donors (Lipinski definition) is 3. The number of carbonyl (C=O) groups is 4. The van der Waals surface area contributed by atoms with Crippen molar-refractivity contribution in [2.24, 2.45) is 0 Å². The van der Waals surface area contributed by atoms with Gasteiger partial charge >= 0.3 is 18.0 Å². The van der Waals surface area contributed by atoms with Crippen molar-refractivity contribution in [1.29, 1.82) is 0 Å². The molecule has 0 aliphatic carbocycles. The molecule has 1 aromatic rings. The molecule has 0 atom stereocenters. The highest BCUT2D eigenvalue weighted by molar-refractivity contribution is 9.10. The first-order chi connectivity index (χ1) is 12.2. The van der Waals surface area contributed by atoms with E-state index in [0.29, 0.717) is 14.9 Å². The Bertz CT molecular complexity index is 820. The van der Waals surface area contributed by atoms with E-state index in [1.165, 1.54) is 25.3 Å². The Morgan fingerprint density at radius 1 is 1.23 bits per heavy atom. The number of nitrogens with zero attached hydrogens (tertiary/aromatic N) is 1. The van der Waals surface area contributed by atoms with Gasteiger partial charge in [0.2, 0.25) is 0 Å². The molecule has 1 fully saturated rings. The predicted octanol–water partition coefficient (Wildman–Crippen LogP) is 0.898. The van der Waals surface area contributed by atoms with Crippen LogP contribution < -0.4 is 14.8 Å². The molecule has 26 heavy (non-hydrogen) atoms. The first-order valence-electron chi connectivity index (χ1n) is 7.01. The van der Waals surface area contributed by atoms with Gasteiger partial charge in [-0.25, -0.2) is 14.5 Å². The minimum absolute atomic E-state index is 0.113. The Morgan fingerprint density at radius 2 is 1.92 bits per heavy atom. The maximum absolute atomic E-state index is 12.1. The number of rotatable bonds is 7. The molecular formula is C15H13BrN2O8. The summed E-state index contributed by atoms with van der Waals surface area (Å²) in [4.78, 5) is 45.7. The molecule has 1 aliphatic heterocycles. The Labute approximate surface area is 155 Å². The van der Waals surface area contributed by atoms with Crippen LogP contribution in [0.15, 0.2) is 22.3 Å². The Hall–Kier alpha value is -3.08. The van der Waals surface area contributed by atoms with Gasteiger partial charge in [-0.2, -0.15) is 0 Å². The van der Waals surface area contributed by atoms with E-state index in [2.05, 4.69) is 21.2 Å². The fraction of sp³-hybridized carbons (Fsp3) is 0.200. The highest BCUT2D eigenvalue weighted by Gasteiger charge is 2.35.